The van der Waals surface area contributed by atoms with E-state index in [0.717, 1.165) is 5.56 Å². The van der Waals surface area contributed by atoms with Gasteiger partial charge in [0.15, 0.2) is 5.75 Å². The average Bonchev–Trinajstić information content (AvgIpc) is 2.36. The summed E-state index contributed by atoms with van der Waals surface area (Å²) in [6.45, 7) is 5.99. The largest absolute Gasteiger partial charge is 0.484 e. The quantitative estimate of drug-likeness (QED) is 0.591. The van der Waals surface area contributed by atoms with Crippen LogP contribution in [0.1, 0.15) is 26.3 Å². The van der Waals surface area contributed by atoms with Gasteiger partial charge in [0.2, 0.25) is 0 Å². The Hall–Kier alpha value is -1.66. The second-order valence-corrected chi connectivity index (χ2v) is 5.39. The van der Waals surface area contributed by atoms with Crippen LogP contribution < -0.4 is 10.1 Å². The number of hydrogen-bond donors (Lipinski definition) is 2. The molecule has 0 saturated heterocycles. The van der Waals surface area contributed by atoms with Gasteiger partial charge in [-0.15, -0.1) is 0 Å². The molecule has 0 saturated carbocycles. The van der Waals surface area contributed by atoms with Crippen LogP contribution in [0.2, 0.25) is 0 Å². The molecule has 0 radical (unpaired) electrons. The summed E-state index contributed by atoms with van der Waals surface area (Å²) < 4.78 is 5.49. The van der Waals surface area contributed by atoms with Crippen molar-refractivity contribution in [3.63, 3.8) is 0 Å². The summed E-state index contributed by atoms with van der Waals surface area (Å²) in [5.41, 5.74) is -0.242. The number of nitro benzene ring substituents is 1. The van der Waals surface area contributed by atoms with Crippen LogP contribution in [0.25, 0.3) is 0 Å². The second-order valence-electron chi connectivity index (χ2n) is 5.39. The third kappa shape index (κ3) is 4.18. The van der Waals surface area contributed by atoms with Gasteiger partial charge in [-0.1, -0.05) is 19.9 Å². The zero-order chi connectivity index (χ0) is 15.3. The van der Waals surface area contributed by atoms with Gasteiger partial charge in [-0.3, -0.25) is 10.1 Å². The van der Waals surface area contributed by atoms with Crippen LogP contribution in [-0.4, -0.2) is 29.3 Å². The number of rotatable bonds is 7. The van der Waals surface area contributed by atoms with Crippen LogP contribution >= 0.6 is 0 Å². The van der Waals surface area contributed by atoms with Crippen LogP contribution in [0.4, 0.5) is 5.69 Å². The van der Waals surface area contributed by atoms with Gasteiger partial charge in [-0.2, -0.15) is 0 Å². The van der Waals surface area contributed by atoms with Crippen molar-refractivity contribution in [1.82, 2.24) is 5.32 Å². The Labute approximate surface area is 118 Å². The summed E-state index contributed by atoms with van der Waals surface area (Å²) >= 11 is 0. The fourth-order valence-electron chi connectivity index (χ4n) is 1.53. The maximum atomic E-state index is 11.0. The maximum Gasteiger partial charge on any atom is 0.310 e. The molecule has 1 atom stereocenters. The Morgan fingerprint density at radius 3 is 2.65 bits per heavy atom. The molecular weight excluding hydrogens is 260 g/mol. The van der Waals surface area contributed by atoms with Crippen LogP contribution in [0.5, 0.6) is 5.75 Å². The highest BCUT2D eigenvalue weighted by molar-refractivity contribution is 5.48. The van der Waals surface area contributed by atoms with E-state index in [2.05, 4.69) is 5.32 Å². The molecule has 0 aliphatic carbocycles. The molecule has 0 aliphatic rings. The van der Waals surface area contributed by atoms with Crippen molar-refractivity contribution in [3.8, 4) is 5.75 Å². The fourth-order valence-corrected chi connectivity index (χ4v) is 1.53. The smallest absolute Gasteiger partial charge is 0.310 e. The normalized spacial score (nSPS) is 14.1. The van der Waals surface area contributed by atoms with Crippen molar-refractivity contribution < 1.29 is 14.8 Å². The van der Waals surface area contributed by atoms with E-state index in [4.69, 9.17) is 4.74 Å². The average molecular weight is 282 g/mol. The minimum atomic E-state index is -1.03. The molecule has 1 aromatic carbocycles. The number of hydrogen-bond acceptors (Lipinski definition) is 5. The van der Waals surface area contributed by atoms with Gasteiger partial charge in [0, 0.05) is 12.6 Å². The minimum Gasteiger partial charge on any atom is -0.484 e. The predicted octanol–water partition coefficient (Wildman–Crippen LogP) is 2.10. The zero-order valence-electron chi connectivity index (χ0n) is 12.3. The lowest BCUT2D eigenvalue weighted by Crippen LogP contribution is -2.37. The lowest BCUT2D eigenvalue weighted by atomic mass is 9.94. The molecule has 0 bridgehead atoms. The summed E-state index contributed by atoms with van der Waals surface area (Å²) in [6, 6.07) is 4.74. The monoisotopic (exact) mass is 282 g/mol. The molecule has 20 heavy (non-hydrogen) atoms. The van der Waals surface area contributed by atoms with E-state index in [1.165, 1.54) is 6.07 Å². The van der Waals surface area contributed by atoms with Gasteiger partial charge in [-0.05, 0) is 31.5 Å². The summed E-state index contributed by atoms with van der Waals surface area (Å²) in [5, 5.41) is 24.1. The SMILES string of the molecule is CNCc1ccc([N+](=O)[O-])c(OCC(C)(O)C(C)C)c1. The Morgan fingerprint density at radius 1 is 1.50 bits per heavy atom. The molecule has 1 unspecified atom stereocenters. The van der Waals surface area contributed by atoms with Gasteiger partial charge >= 0.3 is 5.69 Å². The van der Waals surface area contributed by atoms with Crippen molar-refractivity contribution in [2.75, 3.05) is 13.7 Å². The van der Waals surface area contributed by atoms with Crippen LogP contribution in [0.15, 0.2) is 18.2 Å². The van der Waals surface area contributed by atoms with E-state index < -0.39 is 10.5 Å². The molecule has 0 aromatic heterocycles. The van der Waals surface area contributed by atoms with Gasteiger partial charge < -0.3 is 15.2 Å². The Morgan fingerprint density at radius 2 is 2.15 bits per heavy atom. The number of benzene rings is 1. The number of nitrogens with zero attached hydrogens (tertiary/aromatic N) is 1. The predicted molar refractivity (Wildman–Crippen MR) is 76.8 cm³/mol. The molecular formula is C14H22N2O4. The first-order valence-electron chi connectivity index (χ1n) is 6.55. The third-order valence-electron chi connectivity index (χ3n) is 3.37. The van der Waals surface area contributed by atoms with E-state index >= 15 is 0 Å². The highest BCUT2D eigenvalue weighted by atomic mass is 16.6. The number of aliphatic hydroxyl groups is 1. The molecule has 2 N–H and O–H groups in total. The Balaban J connectivity index is 2.96. The molecule has 0 spiro atoms. The third-order valence-corrected chi connectivity index (χ3v) is 3.37. The fraction of sp³-hybridized carbons (Fsp3) is 0.571. The van der Waals surface area contributed by atoms with Crippen molar-refractivity contribution in [2.24, 2.45) is 5.92 Å². The molecule has 0 amide bonds. The van der Waals surface area contributed by atoms with E-state index in [-0.39, 0.29) is 24.0 Å². The zero-order valence-corrected chi connectivity index (χ0v) is 12.3. The Bertz CT molecular complexity index is 472. The Kier molecular flexibility index (Phi) is 5.47. The molecule has 0 fully saturated rings. The minimum absolute atomic E-state index is 0.00845. The van der Waals surface area contributed by atoms with Crippen molar-refractivity contribution in [1.29, 1.82) is 0 Å². The number of nitro groups is 1. The van der Waals surface area contributed by atoms with Crippen molar-refractivity contribution in [3.05, 3.63) is 33.9 Å². The molecule has 1 aromatic rings. The van der Waals surface area contributed by atoms with E-state index in [9.17, 15) is 15.2 Å². The highest BCUT2D eigenvalue weighted by Crippen LogP contribution is 2.29. The lowest BCUT2D eigenvalue weighted by Gasteiger charge is -2.27. The summed E-state index contributed by atoms with van der Waals surface area (Å²) in [4.78, 5) is 10.5. The summed E-state index contributed by atoms with van der Waals surface area (Å²) in [7, 11) is 1.80. The first-order valence-corrected chi connectivity index (χ1v) is 6.55. The molecule has 0 heterocycles. The van der Waals surface area contributed by atoms with Gasteiger partial charge in [0.05, 0.1) is 10.5 Å². The van der Waals surface area contributed by atoms with Crippen molar-refractivity contribution >= 4 is 5.69 Å². The van der Waals surface area contributed by atoms with Gasteiger partial charge in [0.1, 0.15) is 6.61 Å². The standard InChI is InChI=1S/C14H22N2O4/c1-10(2)14(3,17)9-20-13-7-11(8-15-4)5-6-12(13)16(18)19/h5-7,10,15,17H,8-9H2,1-4H3. The molecule has 0 aliphatic heterocycles. The molecule has 1 rings (SSSR count). The molecule has 6 heteroatoms. The first-order chi connectivity index (χ1) is 9.27. The van der Waals surface area contributed by atoms with Crippen molar-refractivity contribution in [2.45, 2.75) is 32.9 Å². The van der Waals surface area contributed by atoms with E-state index in [1.807, 2.05) is 13.8 Å². The second kappa shape index (κ2) is 6.67. The molecule has 6 nitrogen and oxygen atoms in total. The highest BCUT2D eigenvalue weighted by Gasteiger charge is 2.27. The summed E-state index contributed by atoms with van der Waals surface area (Å²) in [5.74, 6) is 0.172. The topological polar surface area (TPSA) is 84.6 Å². The maximum absolute atomic E-state index is 11.0. The number of ether oxygens (including phenoxy) is 1. The first kappa shape index (κ1) is 16.4. The summed E-state index contributed by atoms with van der Waals surface area (Å²) in [6.07, 6.45) is 0. The lowest BCUT2D eigenvalue weighted by molar-refractivity contribution is -0.386. The van der Waals surface area contributed by atoms with E-state index in [1.54, 1.807) is 26.1 Å². The van der Waals surface area contributed by atoms with Crippen LogP contribution in [-0.2, 0) is 6.54 Å². The van der Waals surface area contributed by atoms with E-state index in [0.29, 0.717) is 6.54 Å². The van der Waals surface area contributed by atoms with Gasteiger partial charge in [0.25, 0.3) is 0 Å². The molecule has 112 valence electrons. The number of nitrogens with one attached hydrogen (secondary N) is 1. The van der Waals surface area contributed by atoms with Gasteiger partial charge in [-0.25, -0.2) is 0 Å². The van der Waals surface area contributed by atoms with Crippen LogP contribution in [0.3, 0.4) is 0 Å². The van der Waals surface area contributed by atoms with Crippen LogP contribution in [0, 0.1) is 16.0 Å².